The second-order valence-electron chi connectivity index (χ2n) is 5.88. The zero-order chi connectivity index (χ0) is 17.5. The van der Waals surface area contributed by atoms with Gasteiger partial charge in [0.25, 0.3) is 0 Å². The molecule has 0 saturated carbocycles. The third-order valence-corrected chi connectivity index (χ3v) is 3.69. The Morgan fingerprint density at radius 1 is 1.00 bits per heavy atom. The number of carbonyl (C=O) groups excluding carboxylic acids is 1. The minimum absolute atomic E-state index is 0. The Hall–Kier alpha value is -0.140. The maximum Gasteiger partial charge on any atom is 0.306 e. The van der Waals surface area contributed by atoms with Gasteiger partial charge in [-0.3, -0.25) is 14.4 Å². The number of amides is 1. The van der Waals surface area contributed by atoms with Gasteiger partial charge in [0.05, 0.1) is 13.0 Å². The molecule has 0 saturated heterocycles. The zero-order valence-electron chi connectivity index (χ0n) is 15.8. The van der Waals surface area contributed by atoms with Gasteiger partial charge in [-0.2, -0.15) is 0 Å². The Morgan fingerprint density at radius 3 is 1.96 bits per heavy atom. The molecule has 0 aliphatic carbocycles. The fraction of sp³-hybridized carbons (Fsp3) is 0.882. The van der Waals surface area contributed by atoms with E-state index in [4.69, 9.17) is 15.7 Å². The predicted molar refractivity (Wildman–Crippen MR) is 96.3 cm³/mol. The van der Waals surface area contributed by atoms with E-state index >= 15 is 0 Å². The molecule has 24 heavy (non-hydrogen) atoms. The predicted octanol–water partition coefficient (Wildman–Crippen LogP) is 3.07. The van der Waals surface area contributed by atoms with Crippen LogP contribution in [0.4, 0.5) is 0 Å². The Balaban J connectivity index is 0. The van der Waals surface area contributed by atoms with E-state index in [9.17, 15) is 9.59 Å². The van der Waals surface area contributed by atoms with Crippen LogP contribution in [0.1, 0.15) is 84.5 Å². The molecule has 1 unspecified atom stereocenters. The first-order chi connectivity index (χ1) is 11.0. The van der Waals surface area contributed by atoms with E-state index in [1.807, 2.05) is 0 Å². The maximum absolute atomic E-state index is 12.1. The summed E-state index contributed by atoms with van der Waals surface area (Å²) in [5, 5.41) is 9.79. The summed E-state index contributed by atoms with van der Waals surface area (Å²) in [6, 6.07) is 0. The van der Waals surface area contributed by atoms with Gasteiger partial charge in [0.15, 0.2) is 0 Å². The van der Waals surface area contributed by atoms with Crippen molar-refractivity contribution >= 4 is 41.4 Å². The molecule has 0 bridgehead atoms. The van der Waals surface area contributed by atoms with Gasteiger partial charge in [-0.1, -0.05) is 58.3 Å². The number of carboxylic acids is 1. The van der Waals surface area contributed by atoms with Gasteiger partial charge in [-0.25, -0.2) is 5.06 Å². The smallest absolute Gasteiger partial charge is 0.306 e. The van der Waals surface area contributed by atoms with Crippen molar-refractivity contribution in [2.75, 3.05) is 6.61 Å². The van der Waals surface area contributed by atoms with Gasteiger partial charge in [-0.05, 0) is 13.3 Å². The second kappa shape index (κ2) is 17.7. The zero-order valence-corrected chi connectivity index (χ0v) is 17.8. The average Bonchev–Trinajstić information content (AvgIpc) is 2.50. The number of carboxylic acid groups (broad SMARTS) is 1. The number of hydroxylamine groups is 2. The molecule has 1 radical (unpaired) electrons. The van der Waals surface area contributed by atoms with Crippen LogP contribution in [-0.2, 0) is 14.4 Å². The molecule has 137 valence electrons. The van der Waals surface area contributed by atoms with E-state index in [-0.39, 0.29) is 48.5 Å². The molecule has 0 fully saturated rings. The van der Waals surface area contributed by atoms with Crippen molar-refractivity contribution in [2.45, 2.75) is 90.6 Å². The summed E-state index contributed by atoms with van der Waals surface area (Å²) in [6.45, 7) is 4.24. The molecule has 7 heteroatoms. The van der Waals surface area contributed by atoms with Gasteiger partial charge in [-0.15, -0.1) is 0 Å². The van der Waals surface area contributed by atoms with E-state index in [0.29, 0.717) is 6.42 Å². The number of hydrogen-bond acceptors (Lipinski definition) is 4. The van der Waals surface area contributed by atoms with Crippen molar-refractivity contribution in [3.8, 4) is 0 Å². The summed E-state index contributed by atoms with van der Waals surface area (Å²) in [4.78, 5) is 28.0. The summed E-state index contributed by atoms with van der Waals surface area (Å²) >= 11 is 0. The van der Waals surface area contributed by atoms with Crippen molar-refractivity contribution in [3.63, 3.8) is 0 Å². The maximum atomic E-state index is 12.1. The van der Waals surface area contributed by atoms with Gasteiger partial charge >= 0.3 is 5.97 Å². The van der Waals surface area contributed by atoms with Crippen LogP contribution >= 0.6 is 0 Å². The molecule has 0 aromatic rings. The number of nitrogens with two attached hydrogens (primary N) is 1. The van der Waals surface area contributed by atoms with Gasteiger partial charge in [0, 0.05) is 36.0 Å². The number of carbonyl (C=O) groups is 2. The van der Waals surface area contributed by atoms with Crippen molar-refractivity contribution < 1.29 is 19.5 Å². The molecule has 1 atom stereocenters. The molecule has 6 nitrogen and oxygen atoms in total. The number of aliphatic carboxylic acids is 1. The van der Waals surface area contributed by atoms with Crippen LogP contribution in [0.2, 0.25) is 0 Å². The molecule has 0 rings (SSSR count). The van der Waals surface area contributed by atoms with Crippen LogP contribution in [-0.4, -0.2) is 64.4 Å². The van der Waals surface area contributed by atoms with E-state index in [0.717, 1.165) is 24.3 Å². The standard InChI is InChI=1S/C17H34N2O4.Na/c1-3-5-6-7-8-9-10-11-12-13-16(20)19(23-4-2)15(18)14-17(21)22;/h15H,3-14,18H2,1-2H3,(H,21,22);. The largest absolute Gasteiger partial charge is 0.481 e. The third kappa shape index (κ3) is 14.2. The summed E-state index contributed by atoms with van der Waals surface area (Å²) < 4.78 is 0. The van der Waals surface area contributed by atoms with Gasteiger partial charge in [0.1, 0.15) is 6.17 Å². The summed E-state index contributed by atoms with van der Waals surface area (Å²) in [7, 11) is 0. The first-order valence-corrected chi connectivity index (χ1v) is 8.95. The molecule has 0 heterocycles. The topological polar surface area (TPSA) is 92.9 Å². The molecule has 0 aliphatic heterocycles. The monoisotopic (exact) mass is 353 g/mol. The molecule has 0 spiro atoms. The number of hydrogen-bond donors (Lipinski definition) is 2. The van der Waals surface area contributed by atoms with E-state index < -0.39 is 12.1 Å². The van der Waals surface area contributed by atoms with E-state index in [1.165, 1.54) is 38.5 Å². The van der Waals surface area contributed by atoms with Crippen LogP contribution in [0, 0.1) is 0 Å². The number of rotatable bonds is 15. The minimum Gasteiger partial charge on any atom is -0.481 e. The van der Waals surface area contributed by atoms with Crippen molar-refractivity contribution in [1.29, 1.82) is 0 Å². The van der Waals surface area contributed by atoms with Crippen molar-refractivity contribution in [1.82, 2.24) is 5.06 Å². The molecule has 0 aromatic carbocycles. The third-order valence-electron chi connectivity index (χ3n) is 3.69. The normalized spacial score (nSPS) is 11.6. The molecular weight excluding hydrogens is 319 g/mol. The summed E-state index contributed by atoms with van der Waals surface area (Å²) in [5.41, 5.74) is 5.71. The van der Waals surface area contributed by atoms with Crippen LogP contribution in [0.25, 0.3) is 0 Å². The Morgan fingerprint density at radius 2 is 1.50 bits per heavy atom. The van der Waals surface area contributed by atoms with Crippen molar-refractivity contribution in [3.05, 3.63) is 0 Å². The first-order valence-electron chi connectivity index (χ1n) is 8.95. The van der Waals surface area contributed by atoms with Crippen LogP contribution in [0.3, 0.4) is 0 Å². The minimum atomic E-state index is -1.04. The molecule has 3 N–H and O–H groups in total. The quantitative estimate of drug-likeness (QED) is 0.204. The SMILES string of the molecule is CCCCCCCCCCCC(=O)N(OCC)C(N)CC(=O)O.[Na]. The molecule has 0 aliphatic rings. The summed E-state index contributed by atoms with van der Waals surface area (Å²) in [6.07, 6.45) is 9.72. The molecule has 0 aromatic heterocycles. The van der Waals surface area contributed by atoms with Gasteiger partial charge in [0.2, 0.25) is 5.91 Å². The number of unbranched alkanes of at least 4 members (excludes halogenated alkanes) is 8. The van der Waals surface area contributed by atoms with Crippen LogP contribution in [0.15, 0.2) is 0 Å². The van der Waals surface area contributed by atoms with Crippen LogP contribution < -0.4 is 5.73 Å². The Bertz CT molecular complexity index is 330. The second-order valence-corrected chi connectivity index (χ2v) is 5.88. The van der Waals surface area contributed by atoms with Gasteiger partial charge < -0.3 is 10.8 Å². The van der Waals surface area contributed by atoms with E-state index in [1.54, 1.807) is 6.92 Å². The Kier molecular flexibility index (Phi) is 19.2. The van der Waals surface area contributed by atoms with Crippen LogP contribution in [0.5, 0.6) is 0 Å². The number of nitrogens with zero attached hydrogens (tertiary/aromatic N) is 1. The molecule has 1 amide bonds. The average molecular weight is 353 g/mol. The molecular formula is C17H34N2NaO4. The fourth-order valence-electron chi connectivity index (χ4n) is 2.45. The first kappa shape index (κ1) is 26.1. The van der Waals surface area contributed by atoms with Crippen molar-refractivity contribution in [2.24, 2.45) is 5.73 Å². The summed E-state index contributed by atoms with van der Waals surface area (Å²) in [5.74, 6) is -1.28. The Labute approximate surface area is 168 Å². The van der Waals surface area contributed by atoms with E-state index in [2.05, 4.69) is 6.92 Å². The fourth-order valence-corrected chi connectivity index (χ4v) is 2.45.